The summed E-state index contributed by atoms with van der Waals surface area (Å²) in [5.74, 6) is 0.0157. The molecule has 0 radical (unpaired) electrons. The minimum absolute atomic E-state index is 0.0114. The van der Waals surface area contributed by atoms with Crippen molar-refractivity contribution >= 4 is 40.7 Å². The molecule has 164 valence electrons. The molecule has 2 bridgehead atoms. The Kier molecular flexibility index (Phi) is 7.16. The molecule has 2 fully saturated rings. The Hall–Kier alpha value is -2.08. The molecule has 31 heavy (non-hydrogen) atoms. The Balaban J connectivity index is 1.31. The number of fused-ring (bicyclic) bond motifs is 2. The lowest BCUT2D eigenvalue weighted by molar-refractivity contribution is -0.124. The molecule has 2 amide bonds. The summed E-state index contributed by atoms with van der Waals surface area (Å²) < 4.78 is 0. The van der Waals surface area contributed by atoms with Gasteiger partial charge in [0.25, 0.3) is 0 Å². The van der Waals surface area contributed by atoms with Gasteiger partial charge in [0.15, 0.2) is 0 Å². The zero-order valence-corrected chi connectivity index (χ0v) is 18.8. The smallest absolute Gasteiger partial charge is 0.238 e. The van der Waals surface area contributed by atoms with Gasteiger partial charge in [-0.1, -0.05) is 41.8 Å². The molecule has 2 saturated heterocycles. The van der Waals surface area contributed by atoms with Crippen molar-refractivity contribution in [1.29, 1.82) is 0 Å². The molecular formula is C24H27Cl2N3O2. The number of amides is 2. The standard InChI is InChI=1S/C24H27Cl2N3O2/c25-17-7-9-19(10-8-17)27-24(31)15-29-21-5-2-6-22(29)14-20(13-21)28-23(30)12-16-3-1-4-18(26)11-16/h1,3-4,7-11,20-22H,2,5-6,12-15H2,(H,27,31)(H,28,30). The van der Waals surface area contributed by atoms with Gasteiger partial charge in [-0.25, -0.2) is 0 Å². The minimum Gasteiger partial charge on any atom is -0.353 e. The van der Waals surface area contributed by atoms with E-state index in [4.69, 9.17) is 23.2 Å². The van der Waals surface area contributed by atoms with Crippen LogP contribution in [-0.4, -0.2) is 41.4 Å². The number of hydrogen-bond acceptors (Lipinski definition) is 3. The maximum absolute atomic E-state index is 12.6. The van der Waals surface area contributed by atoms with E-state index in [9.17, 15) is 9.59 Å². The predicted octanol–water partition coefficient (Wildman–Crippen LogP) is 4.68. The topological polar surface area (TPSA) is 61.4 Å². The van der Waals surface area contributed by atoms with Crippen LogP contribution < -0.4 is 10.6 Å². The van der Waals surface area contributed by atoms with Crippen molar-refractivity contribution in [3.05, 3.63) is 64.1 Å². The van der Waals surface area contributed by atoms with Crippen LogP contribution in [-0.2, 0) is 16.0 Å². The van der Waals surface area contributed by atoms with Gasteiger partial charge in [-0.2, -0.15) is 0 Å². The number of hydrogen-bond donors (Lipinski definition) is 2. The van der Waals surface area contributed by atoms with E-state index >= 15 is 0 Å². The maximum atomic E-state index is 12.6. The number of benzene rings is 2. The largest absolute Gasteiger partial charge is 0.353 e. The van der Waals surface area contributed by atoms with Crippen molar-refractivity contribution in [2.75, 3.05) is 11.9 Å². The molecule has 5 nitrogen and oxygen atoms in total. The van der Waals surface area contributed by atoms with Gasteiger partial charge in [0.05, 0.1) is 13.0 Å². The van der Waals surface area contributed by atoms with E-state index in [2.05, 4.69) is 15.5 Å². The number of rotatable bonds is 6. The van der Waals surface area contributed by atoms with Crippen LogP contribution >= 0.6 is 23.2 Å². The molecule has 4 rings (SSSR count). The Morgan fingerprint density at radius 3 is 2.32 bits per heavy atom. The van der Waals surface area contributed by atoms with Crippen LogP contribution in [0.15, 0.2) is 48.5 Å². The van der Waals surface area contributed by atoms with Crippen molar-refractivity contribution in [2.24, 2.45) is 0 Å². The Bertz CT molecular complexity index is 921. The first-order valence-electron chi connectivity index (χ1n) is 10.8. The number of carbonyl (C=O) groups excluding carboxylic acids is 2. The van der Waals surface area contributed by atoms with Gasteiger partial charge in [0, 0.05) is 33.9 Å². The van der Waals surface area contributed by atoms with Crippen LogP contribution in [0.1, 0.15) is 37.7 Å². The summed E-state index contributed by atoms with van der Waals surface area (Å²) in [6, 6.07) is 15.4. The molecule has 2 aromatic rings. The molecule has 2 unspecified atom stereocenters. The summed E-state index contributed by atoms with van der Waals surface area (Å²) in [6.07, 6.45) is 5.39. The lowest BCUT2D eigenvalue weighted by Gasteiger charge is -2.48. The molecule has 2 aromatic carbocycles. The summed E-state index contributed by atoms with van der Waals surface area (Å²) in [5, 5.41) is 7.46. The summed E-state index contributed by atoms with van der Waals surface area (Å²) in [4.78, 5) is 27.5. The third kappa shape index (κ3) is 6.00. The van der Waals surface area contributed by atoms with Crippen LogP contribution in [0.3, 0.4) is 0 Å². The van der Waals surface area contributed by atoms with Crippen molar-refractivity contribution in [2.45, 2.75) is 56.7 Å². The summed E-state index contributed by atoms with van der Waals surface area (Å²) >= 11 is 11.9. The predicted molar refractivity (Wildman–Crippen MR) is 125 cm³/mol. The van der Waals surface area contributed by atoms with Gasteiger partial charge in [-0.15, -0.1) is 0 Å². The normalized spacial score (nSPS) is 23.2. The SMILES string of the molecule is O=C(CN1C2CCCC1CC(NC(=O)Cc1cccc(Cl)c1)C2)Nc1ccc(Cl)cc1. The Morgan fingerprint density at radius 2 is 1.65 bits per heavy atom. The molecule has 0 aliphatic carbocycles. The first-order chi connectivity index (χ1) is 15.0. The van der Waals surface area contributed by atoms with Crippen LogP contribution in [0.2, 0.25) is 10.0 Å². The van der Waals surface area contributed by atoms with E-state index in [-0.39, 0.29) is 17.9 Å². The monoisotopic (exact) mass is 459 g/mol. The molecule has 2 aliphatic rings. The molecule has 2 aliphatic heterocycles. The lowest BCUT2D eigenvalue weighted by Crippen LogP contribution is -2.58. The van der Waals surface area contributed by atoms with E-state index in [1.54, 1.807) is 12.1 Å². The highest BCUT2D eigenvalue weighted by Crippen LogP contribution is 2.34. The zero-order chi connectivity index (χ0) is 21.8. The summed E-state index contributed by atoms with van der Waals surface area (Å²) in [5.41, 5.74) is 1.67. The highest BCUT2D eigenvalue weighted by Gasteiger charge is 2.39. The number of nitrogens with one attached hydrogen (secondary N) is 2. The lowest BCUT2D eigenvalue weighted by atomic mass is 9.81. The van der Waals surface area contributed by atoms with E-state index in [1.165, 1.54) is 6.42 Å². The third-order valence-corrected chi connectivity index (χ3v) is 6.69. The second-order valence-corrected chi connectivity index (χ2v) is 9.38. The van der Waals surface area contributed by atoms with Crippen molar-refractivity contribution in [3.63, 3.8) is 0 Å². The van der Waals surface area contributed by atoms with Crippen LogP contribution in [0, 0.1) is 0 Å². The Morgan fingerprint density at radius 1 is 0.935 bits per heavy atom. The van der Waals surface area contributed by atoms with Gasteiger partial charge in [-0.3, -0.25) is 14.5 Å². The minimum atomic E-state index is -0.0114. The average Bonchev–Trinajstić information content (AvgIpc) is 2.70. The van der Waals surface area contributed by atoms with Crippen LogP contribution in [0.25, 0.3) is 0 Å². The molecule has 0 aromatic heterocycles. The number of nitrogens with zero attached hydrogens (tertiary/aromatic N) is 1. The second kappa shape index (κ2) is 10.0. The quantitative estimate of drug-likeness (QED) is 0.659. The van der Waals surface area contributed by atoms with Gasteiger partial charge >= 0.3 is 0 Å². The summed E-state index contributed by atoms with van der Waals surface area (Å²) in [7, 11) is 0. The molecule has 7 heteroatoms. The molecule has 2 atom stereocenters. The average molecular weight is 460 g/mol. The fraction of sp³-hybridized carbons (Fsp3) is 0.417. The molecule has 0 spiro atoms. The van der Waals surface area contributed by atoms with Gasteiger partial charge in [-0.05, 0) is 67.6 Å². The molecule has 2 heterocycles. The van der Waals surface area contributed by atoms with E-state index < -0.39 is 0 Å². The van der Waals surface area contributed by atoms with Crippen LogP contribution in [0.4, 0.5) is 5.69 Å². The van der Waals surface area contributed by atoms with E-state index in [1.807, 2.05) is 36.4 Å². The van der Waals surface area contributed by atoms with E-state index in [0.29, 0.717) is 35.1 Å². The van der Waals surface area contributed by atoms with Crippen molar-refractivity contribution < 1.29 is 9.59 Å². The molecule has 2 N–H and O–H groups in total. The second-order valence-electron chi connectivity index (χ2n) is 8.51. The van der Waals surface area contributed by atoms with Crippen LogP contribution in [0.5, 0.6) is 0 Å². The first kappa shape index (κ1) is 22.1. The number of piperidine rings is 2. The van der Waals surface area contributed by atoms with Gasteiger partial charge < -0.3 is 10.6 Å². The highest BCUT2D eigenvalue weighted by molar-refractivity contribution is 6.30. The number of halogens is 2. The number of carbonyl (C=O) groups is 2. The fourth-order valence-electron chi connectivity index (χ4n) is 4.87. The van der Waals surface area contributed by atoms with Crippen molar-refractivity contribution in [3.8, 4) is 0 Å². The molecule has 0 saturated carbocycles. The number of anilines is 1. The van der Waals surface area contributed by atoms with Gasteiger partial charge in [0.1, 0.15) is 0 Å². The maximum Gasteiger partial charge on any atom is 0.238 e. The first-order valence-corrected chi connectivity index (χ1v) is 11.6. The van der Waals surface area contributed by atoms with Gasteiger partial charge in [0.2, 0.25) is 11.8 Å². The third-order valence-electron chi connectivity index (χ3n) is 6.20. The summed E-state index contributed by atoms with van der Waals surface area (Å²) in [6.45, 7) is 0.376. The Labute approximate surface area is 193 Å². The molecular weight excluding hydrogens is 433 g/mol. The zero-order valence-electron chi connectivity index (χ0n) is 17.3. The highest BCUT2D eigenvalue weighted by atomic mass is 35.5. The van der Waals surface area contributed by atoms with Crippen molar-refractivity contribution in [1.82, 2.24) is 10.2 Å². The van der Waals surface area contributed by atoms with E-state index in [0.717, 1.165) is 36.9 Å². The fourth-order valence-corrected chi connectivity index (χ4v) is 5.20.